The highest BCUT2D eigenvalue weighted by molar-refractivity contribution is 6.00. The van der Waals surface area contributed by atoms with Crippen molar-refractivity contribution in [1.82, 2.24) is 25.1 Å². The zero-order valence-corrected chi connectivity index (χ0v) is 16.3. The van der Waals surface area contributed by atoms with Crippen LogP contribution in [0.5, 0.6) is 0 Å². The van der Waals surface area contributed by atoms with Gasteiger partial charge in [0.25, 0.3) is 0 Å². The average Bonchev–Trinajstić information content (AvgIpc) is 3.43. The van der Waals surface area contributed by atoms with Crippen LogP contribution < -0.4 is 0 Å². The Morgan fingerprint density at radius 1 is 0.774 bits per heavy atom. The fourth-order valence-electron chi connectivity index (χ4n) is 3.93. The maximum absolute atomic E-state index is 13.8. The van der Waals surface area contributed by atoms with Crippen molar-refractivity contribution in [2.75, 3.05) is 0 Å². The molecule has 0 bridgehead atoms. The fourth-order valence-corrected chi connectivity index (χ4v) is 3.93. The van der Waals surface area contributed by atoms with Gasteiger partial charge in [-0.25, -0.2) is 9.37 Å². The highest BCUT2D eigenvalue weighted by atomic mass is 19.1. The molecule has 0 saturated heterocycles. The molecular weight excluding hydrogens is 389 g/mol. The normalized spacial score (nSPS) is 11.4. The highest BCUT2D eigenvalue weighted by Crippen LogP contribution is 2.34. The van der Waals surface area contributed by atoms with Crippen LogP contribution in [0.2, 0.25) is 0 Å². The molecule has 0 aliphatic carbocycles. The number of aromatic amines is 2. The van der Waals surface area contributed by atoms with Crippen LogP contribution in [0.3, 0.4) is 0 Å². The number of halogens is 1. The number of hydrogen-bond donors (Lipinski definition) is 2. The lowest BCUT2D eigenvalue weighted by atomic mass is 10.0. The standard InChI is InChI=1S/C25H16FN5/c26-16-6-3-5-15(13-16)17-7-4-9-19-18(17)14-23(28-19)25-24-22(30-31-25)11-10-21(29-24)20-8-1-2-12-27-20/h1-14,28H,(H,30,31). The van der Waals surface area contributed by atoms with Crippen LogP contribution >= 0.6 is 0 Å². The molecule has 2 N–H and O–H groups in total. The topological polar surface area (TPSA) is 70.2 Å². The molecule has 6 aromatic rings. The molecule has 6 heteroatoms. The number of H-pyrrole nitrogens is 2. The lowest BCUT2D eigenvalue weighted by Crippen LogP contribution is -1.87. The van der Waals surface area contributed by atoms with Crippen molar-refractivity contribution >= 4 is 21.9 Å². The Hall–Kier alpha value is -4.32. The fraction of sp³-hybridized carbons (Fsp3) is 0. The molecule has 0 aliphatic heterocycles. The second kappa shape index (κ2) is 6.88. The summed E-state index contributed by atoms with van der Waals surface area (Å²) in [7, 11) is 0. The van der Waals surface area contributed by atoms with Gasteiger partial charge in [-0.3, -0.25) is 10.1 Å². The van der Waals surface area contributed by atoms with E-state index in [0.29, 0.717) is 0 Å². The van der Waals surface area contributed by atoms with Gasteiger partial charge in [0.05, 0.1) is 22.6 Å². The van der Waals surface area contributed by atoms with Crippen LogP contribution in [0.1, 0.15) is 0 Å². The van der Waals surface area contributed by atoms with Gasteiger partial charge in [0.1, 0.15) is 17.0 Å². The Kier molecular flexibility index (Phi) is 3.89. The molecule has 0 spiro atoms. The predicted molar refractivity (Wildman–Crippen MR) is 120 cm³/mol. The molecule has 6 rings (SSSR count). The van der Waals surface area contributed by atoms with Gasteiger partial charge in [0.15, 0.2) is 0 Å². The molecular formula is C25H16FN5. The molecule has 0 radical (unpaired) electrons. The van der Waals surface area contributed by atoms with Gasteiger partial charge in [-0.1, -0.05) is 30.3 Å². The Morgan fingerprint density at radius 2 is 1.71 bits per heavy atom. The molecule has 0 saturated carbocycles. The molecule has 4 heterocycles. The monoisotopic (exact) mass is 405 g/mol. The maximum Gasteiger partial charge on any atom is 0.135 e. The van der Waals surface area contributed by atoms with Crippen molar-refractivity contribution in [1.29, 1.82) is 0 Å². The van der Waals surface area contributed by atoms with E-state index in [9.17, 15) is 4.39 Å². The van der Waals surface area contributed by atoms with Gasteiger partial charge in [0, 0.05) is 17.1 Å². The molecule has 2 aromatic carbocycles. The third kappa shape index (κ3) is 2.97. The Bertz CT molecular complexity index is 1550. The summed E-state index contributed by atoms with van der Waals surface area (Å²) in [5.41, 5.74) is 7.52. The number of hydrogen-bond acceptors (Lipinski definition) is 3. The Balaban J connectivity index is 1.52. The van der Waals surface area contributed by atoms with Crippen molar-refractivity contribution in [3.05, 3.63) is 90.9 Å². The first-order valence-electron chi connectivity index (χ1n) is 9.91. The van der Waals surface area contributed by atoms with Crippen LogP contribution in [0, 0.1) is 5.82 Å². The van der Waals surface area contributed by atoms with E-state index in [2.05, 4.69) is 20.2 Å². The van der Waals surface area contributed by atoms with Crippen molar-refractivity contribution < 1.29 is 4.39 Å². The van der Waals surface area contributed by atoms with E-state index in [-0.39, 0.29) is 5.82 Å². The first kappa shape index (κ1) is 17.5. The number of nitrogens with one attached hydrogen (secondary N) is 2. The molecule has 31 heavy (non-hydrogen) atoms. The zero-order chi connectivity index (χ0) is 20.8. The van der Waals surface area contributed by atoms with E-state index < -0.39 is 0 Å². The van der Waals surface area contributed by atoms with Crippen LogP contribution in [0.4, 0.5) is 4.39 Å². The summed E-state index contributed by atoms with van der Waals surface area (Å²) in [5.74, 6) is -0.255. The quantitative estimate of drug-likeness (QED) is 0.381. The maximum atomic E-state index is 13.8. The second-order valence-electron chi connectivity index (χ2n) is 7.34. The minimum atomic E-state index is -0.255. The van der Waals surface area contributed by atoms with E-state index in [4.69, 9.17) is 4.98 Å². The van der Waals surface area contributed by atoms with E-state index in [1.165, 1.54) is 6.07 Å². The number of aromatic nitrogens is 5. The smallest absolute Gasteiger partial charge is 0.135 e. The molecule has 0 aliphatic rings. The summed E-state index contributed by atoms with van der Waals surface area (Å²) in [6.07, 6.45) is 1.75. The average molecular weight is 405 g/mol. The summed E-state index contributed by atoms with van der Waals surface area (Å²) >= 11 is 0. The van der Waals surface area contributed by atoms with E-state index in [0.717, 1.165) is 55.8 Å². The van der Waals surface area contributed by atoms with Crippen molar-refractivity contribution in [3.63, 3.8) is 0 Å². The molecule has 4 aromatic heterocycles. The molecule has 148 valence electrons. The van der Waals surface area contributed by atoms with Crippen molar-refractivity contribution in [2.45, 2.75) is 0 Å². The molecule has 5 nitrogen and oxygen atoms in total. The van der Waals surface area contributed by atoms with Crippen LogP contribution in [-0.4, -0.2) is 25.1 Å². The van der Waals surface area contributed by atoms with E-state index in [1.807, 2.05) is 60.7 Å². The van der Waals surface area contributed by atoms with Crippen LogP contribution in [-0.2, 0) is 0 Å². The lowest BCUT2D eigenvalue weighted by molar-refractivity contribution is 0.628. The van der Waals surface area contributed by atoms with E-state index >= 15 is 0 Å². The predicted octanol–water partition coefficient (Wildman–Crippen LogP) is 5.97. The summed E-state index contributed by atoms with van der Waals surface area (Å²) in [6.45, 7) is 0. The number of benzene rings is 2. The summed E-state index contributed by atoms with van der Waals surface area (Å²) in [5, 5.41) is 8.57. The van der Waals surface area contributed by atoms with Crippen LogP contribution in [0.15, 0.2) is 85.1 Å². The largest absolute Gasteiger partial charge is 0.353 e. The van der Waals surface area contributed by atoms with Gasteiger partial charge < -0.3 is 4.98 Å². The first-order chi connectivity index (χ1) is 15.3. The molecule has 0 atom stereocenters. The van der Waals surface area contributed by atoms with Gasteiger partial charge in [-0.2, -0.15) is 5.10 Å². The van der Waals surface area contributed by atoms with Crippen molar-refractivity contribution in [2.24, 2.45) is 0 Å². The van der Waals surface area contributed by atoms with E-state index in [1.54, 1.807) is 18.3 Å². The summed E-state index contributed by atoms with van der Waals surface area (Å²) in [6, 6.07) is 24.3. The van der Waals surface area contributed by atoms with Crippen LogP contribution in [0.25, 0.3) is 55.8 Å². The van der Waals surface area contributed by atoms with Gasteiger partial charge >= 0.3 is 0 Å². The van der Waals surface area contributed by atoms with Gasteiger partial charge in [0.2, 0.25) is 0 Å². The highest BCUT2D eigenvalue weighted by Gasteiger charge is 2.15. The Morgan fingerprint density at radius 3 is 2.58 bits per heavy atom. The lowest BCUT2D eigenvalue weighted by Gasteiger charge is -2.03. The van der Waals surface area contributed by atoms with Gasteiger partial charge in [-0.15, -0.1) is 0 Å². The molecule has 0 unspecified atom stereocenters. The second-order valence-corrected chi connectivity index (χ2v) is 7.34. The third-order valence-corrected chi connectivity index (χ3v) is 5.39. The molecule has 0 amide bonds. The SMILES string of the molecule is Fc1cccc(-c2cccc3[nH]c(-c4n[nH]c5ccc(-c6ccccn6)nc45)cc23)c1. The summed E-state index contributed by atoms with van der Waals surface area (Å²) < 4.78 is 13.8. The summed E-state index contributed by atoms with van der Waals surface area (Å²) in [4.78, 5) is 12.7. The number of fused-ring (bicyclic) bond motifs is 2. The first-order valence-corrected chi connectivity index (χ1v) is 9.91. The molecule has 0 fully saturated rings. The zero-order valence-electron chi connectivity index (χ0n) is 16.3. The Labute approximate surface area is 176 Å². The number of rotatable bonds is 3. The minimum absolute atomic E-state index is 0.255. The van der Waals surface area contributed by atoms with Crippen molar-refractivity contribution in [3.8, 4) is 33.9 Å². The number of pyridine rings is 2. The van der Waals surface area contributed by atoms with Gasteiger partial charge in [-0.05, 0) is 59.7 Å². The number of nitrogens with zero attached hydrogens (tertiary/aromatic N) is 3. The third-order valence-electron chi connectivity index (χ3n) is 5.39. The minimum Gasteiger partial charge on any atom is -0.353 e.